The lowest BCUT2D eigenvalue weighted by Gasteiger charge is -2.18. The second-order valence-corrected chi connectivity index (χ2v) is 4.54. The van der Waals surface area contributed by atoms with Crippen LogP contribution in [-0.2, 0) is 0 Å². The zero-order valence-electron chi connectivity index (χ0n) is 10.9. The van der Waals surface area contributed by atoms with Crippen LogP contribution >= 0.6 is 0 Å². The summed E-state index contributed by atoms with van der Waals surface area (Å²) in [6, 6.07) is 7.86. The fourth-order valence-electron chi connectivity index (χ4n) is 2.33. The fourth-order valence-corrected chi connectivity index (χ4v) is 2.33. The van der Waals surface area contributed by atoms with Gasteiger partial charge in [0.25, 0.3) is 0 Å². The van der Waals surface area contributed by atoms with Crippen molar-refractivity contribution in [2.75, 3.05) is 0 Å². The zero-order chi connectivity index (χ0) is 14.8. The Morgan fingerprint density at radius 1 is 1.00 bits per heavy atom. The lowest BCUT2D eigenvalue weighted by Crippen LogP contribution is -2.30. The maximum atomic E-state index is 14.0. The van der Waals surface area contributed by atoms with Crippen LogP contribution in [0.2, 0.25) is 0 Å². The summed E-state index contributed by atoms with van der Waals surface area (Å²) in [5.74, 6) is 4.49. The number of benzene rings is 2. The molecule has 1 heterocycles. The molecule has 2 aromatic carbocycles. The first-order chi connectivity index (χ1) is 10.2. The first-order valence-electron chi connectivity index (χ1n) is 6.31. The van der Waals surface area contributed by atoms with Gasteiger partial charge in [0.2, 0.25) is 0 Å². The number of nitrogens with one attached hydrogen (secondary N) is 1. The Morgan fingerprint density at radius 3 is 2.62 bits per heavy atom. The Labute approximate surface area is 119 Å². The van der Waals surface area contributed by atoms with E-state index < -0.39 is 17.7 Å². The highest BCUT2D eigenvalue weighted by Gasteiger charge is 2.20. The second-order valence-electron chi connectivity index (χ2n) is 4.54. The molecule has 0 bridgehead atoms. The van der Waals surface area contributed by atoms with Gasteiger partial charge in [-0.3, -0.25) is 15.8 Å². The highest BCUT2D eigenvalue weighted by atomic mass is 19.1. The molecule has 0 spiro atoms. The number of hydrazine groups is 1. The molecule has 4 nitrogen and oxygen atoms in total. The van der Waals surface area contributed by atoms with E-state index in [9.17, 15) is 8.78 Å². The van der Waals surface area contributed by atoms with Crippen LogP contribution in [0.1, 0.15) is 17.2 Å². The smallest absolute Gasteiger partial charge is 0.128 e. The van der Waals surface area contributed by atoms with Crippen molar-refractivity contribution in [2.24, 2.45) is 5.84 Å². The van der Waals surface area contributed by atoms with Crippen LogP contribution in [-0.4, -0.2) is 9.97 Å². The largest absolute Gasteiger partial charge is 0.271 e. The highest BCUT2D eigenvalue weighted by molar-refractivity contribution is 5.78. The van der Waals surface area contributed by atoms with Gasteiger partial charge in [0.05, 0.1) is 17.1 Å². The summed E-state index contributed by atoms with van der Waals surface area (Å²) in [4.78, 5) is 8.45. The van der Waals surface area contributed by atoms with Crippen molar-refractivity contribution >= 4 is 11.0 Å². The molecule has 6 heteroatoms. The first-order valence-corrected chi connectivity index (χ1v) is 6.31. The number of aromatic nitrogens is 2. The van der Waals surface area contributed by atoms with Crippen LogP contribution < -0.4 is 11.3 Å². The van der Waals surface area contributed by atoms with Gasteiger partial charge in [-0.05, 0) is 24.3 Å². The fraction of sp³-hybridized carbons (Fsp3) is 0.0667. The molecular formula is C15H12F2N4. The molecule has 0 aliphatic carbocycles. The summed E-state index contributed by atoms with van der Waals surface area (Å²) in [6.45, 7) is 0. The number of hydrogen-bond donors (Lipinski definition) is 2. The van der Waals surface area contributed by atoms with Crippen LogP contribution in [0.15, 0.2) is 48.8 Å². The number of halogens is 2. The molecule has 1 aromatic heterocycles. The van der Waals surface area contributed by atoms with Gasteiger partial charge in [0.1, 0.15) is 11.6 Å². The van der Waals surface area contributed by atoms with E-state index in [0.717, 1.165) is 18.2 Å². The Kier molecular flexibility index (Phi) is 3.55. The summed E-state index contributed by atoms with van der Waals surface area (Å²) in [5.41, 5.74) is 4.52. The molecule has 0 aliphatic heterocycles. The monoisotopic (exact) mass is 286 g/mol. The molecule has 0 saturated carbocycles. The van der Waals surface area contributed by atoms with Gasteiger partial charge in [-0.25, -0.2) is 14.2 Å². The SMILES string of the molecule is NNC(c1cc(F)ccc1F)c1cccc2nccnc12. The van der Waals surface area contributed by atoms with E-state index in [1.54, 1.807) is 30.6 Å². The van der Waals surface area contributed by atoms with Crippen LogP contribution in [0.4, 0.5) is 8.78 Å². The van der Waals surface area contributed by atoms with Crippen molar-refractivity contribution in [1.82, 2.24) is 15.4 Å². The van der Waals surface area contributed by atoms with Gasteiger partial charge >= 0.3 is 0 Å². The maximum Gasteiger partial charge on any atom is 0.128 e. The van der Waals surface area contributed by atoms with Crippen LogP contribution in [0.3, 0.4) is 0 Å². The molecule has 0 aliphatic rings. The van der Waals surface area contributed by atoms with E-state index in [1.165, 1.54) is 0 Å². The molecule has 0 amide bonds. The summed E-state index contributed by atoms with van der Waals surface area (Å²) in [6.07, 6.45) is 3.11. The van der Waals surface area contributed by atoms with E-state index in [2.05, 4.69) is 15.4 Å². The minimum Gasteiger partial charge on any atom is -0.271 e. The Balaban J connectivity index is 2.21. The van der Waals surface area contributed by atoms with Crippen molar-refractivity contribution < 1.29 is 8.78 Å². The normalized spacial score (nSPS) is 12.5. The van der Waals surface area contributed by atoms with Crippen LogP contribution in [0.5, 0.6) is 0 Å². The molecule has 1 atom stereocenters. The summed E-state index contributed by atoms with van der Waals surface area (Å²) >= 11 is 0. The van der Waals surface area contributed by atoms with Crippen LogP contribution in [0, 0.1) is 11.6 Å². The van der Waals surface area contributed by atoms with Crippen molar-refractivity contribution in [2.45, 2.75) is 6.04 Å². The molecular weight excluding hydrogens is 274 g/mol. The molecule has 3 rings (SSSR count). The number of nitrogens with zero attached hydrogens (tertiary/aromatic N) is 2. The predicted molar refractivity (Wildman–Crippen MR) is 75.1 cm³/mol. The van der Waals surface area contributed by atoms with E-state index in [-0.39, 0.29) is 5.56 Å². The topological polar surface area (TPSA) is 63.8 Å². The molecule has 106 valence electrons. The molecule has 1 unspecified atom stereocenters. The van der Waals surface area contributed by atoms with Gasteiger partial charge in [0.15, 0.2) is 0 Å². The Morgan fingerprint density at radius 2 is 1.81 bits per heavy atom. The average molecular weight is 286 g/mol. The summed E-state index contributed by atoms with van der Waals surface area (Å²) < 4.78 is 27.4. The minimum atomic E-state index is -0.721. The average Bonchev–Trinajstić information content (AvgIpc) is 2.51. The van der Waals surface area contributed by atoms with E-state index in [4.69, 9.17) is 5.84 Å². The van der Waals surface area contributed by atoms with Gasteiger partial charge in [-0.1, -0.05) is 12.1 Å². The van der Waals surface area contributed by atoms with Crippen molar-refractivity contribution in [3.63, 3.8) is 0 Å². The third-order valence-corrected chi connectivity index (χ3v) is 3.28. The molecule has 21 heavy (non-hydrogen) atoms. The maximum absolute atomic E-state index is 14.0. The lowest BCUT2D eigenvalue weighted by atomic mass is 9.97. The lowest BCUT2D eigenvalue weighted by molar-refractivity contribution is 0.546. The molecule has 0 saturated heterocycles. The van der Waals surface area contributed by atoms with Gasteiger partial charge < -0.3 is 0 Å². The quantitative estimate of drug-likeness (QED) is 0.573. The molecule has 0 fully saturated rings. The Hall–Kier alpha value is -2.44. The highest BCUT2D eigenvalue weighted by Crippen LogP contribution is 2.28. The molecule has 0 radical (unpaired) electrons. The van der Waals surface area contributed by atoms with E-state index in [1.807, 2.05) is 0 Å². The number of hydrogen-bond acceptors (Lipinski definition) is 4. The molecule has 3 N–H and O–H groups in total. The first kappa shape index (κ1) is 13.5. The van der Waals surface area contributed by atoms with Crippen molar-refractivity contribution in [3.8, 4) is 0 Å². The summed E-state index contributed by atoms with van der Waals surface area (Å²) in [7, 11) is 0. The van der Waals surface area contributed by atoms with E-state index in [0.29, 0.717) is 16.6 Å². The standard InChI is InChI=1S/C15H12F2N4/c16-9-4-5-12(17)11(8-9)14(21-18)10-2-1-3-13-15(10)20-7-6-19-13/h1-8,14,21H,18H2. The van der Waals surface area contributed by atoms with Gasteiger partial charge in [-0.15, -0.1) is 0 Å². The van der Waals surface area contributed by atoms with Crippen LogP contribution in [0.25, 0.3) is 11.0 Å². The second kappa shape index (κ2) is 5.51. The third kappa shape index (κ3) is 2.46. The number of nitrogens with two attached hydrogens (primary N) is 1. The summed E-state index contributed by atoms with van der Waals surface area (Å²) in [5, 5.41) is 0. The zero-order valence-corrected chi connectivity index (χ0v) is 10.9. The number of para-hydroxylation sites is 1. The van der Waals surface area contributed by atoms with Gasteiger partial charge in [0, 0.05) is 23.5 Å². The van der Waals surface area contributed by atoms with Gasteiger partial charge in [-0.2, -0.15) is 0 Å². The van der Waals surface area contributed by atoms with Crippen molar-refractivity contribution in [3.05, 3.63) is 71.6 Å². The molecule has 3 aromatic rings. The number of rotatable bonds is 3. The predicted octanol–water partition coefficient (Wildman–Crippen LogP) is 2.46. The minimum absolute atomic E-state index is 0.121. The number of fused-ring (bicyclic) bond motifs is 1. The Bertz CT molecular complexity index is 786. The van der Waals surface area contributed by atoms with Crippen molar-refractivity contribution in [1.29, 1.82) is 0 Å². The van der Waals surface area contributed by atoms with E-state index >= 15 is 0 Å². The third-order valence-electron chi connectivity index (χ3n) is 3.28.